The summed E-state index contributed by atoms with van der Waals surface area (Å²) in [6.45, 7) is 5.92. The monoisotopic (exact) mass is 389 g/mol. The average Bonchev–Trinajstić information content (AvgIpc) is 2.99. The third-order valence-corrected chi connectivity index (χ3v) is 5.43. The average molecular weight is 389 g/mol. The van der Waals surface area contributed by atoms with Crippen molar-refractivity contribution in [3.63, 3.8) is 0 Å². The molecule has 1 amide bonds. The molecule has 0 bridgehead atoms. The molecule has 0 saturated carbocycles. The molecule has 5 nitrogen and oxygen atoms in total. The lowest BCUT2D eigenvalue weighted by Gasteiger charge is -2.10. The number of amides is 1. The van der Waals surface area contributed by atoms with Gasteiger partial charge in [-0.2, -0.15) is 0 Å². The first-order valence-corrected chi connectivity index (χ1v) is 9.58. The number of thioether (sulfide) groups is 1. The molecule has 0 aliphatic rings. The second kappa shape index (κ2) is 7.84. The van der Waals surface area contributed by atoms with Crippen molar-refractivity contribution in [2.75, 3.05) is 11.1 Å². The number of nitrogens with zero attached hydrogens (tertiary/aromatic N) is 2. The van der Waals surface area contributed by atoms with E-state index in [1.165, 1.54) is 51.9 Å². The van der Waals surface area contributed by atoms with Crippen LogP contribution in [0.5, 0.6) is 0 Å². The summed E-state index contributed by atoms with van der Waals surface area (Å²) in [5.41, 5.74) is 0.374. The molecule has 0 saturated heterocycles. The molecule has 0 unspecified atom stereocenters. The summed E-state index contributed by atoms with van der Waals surface area (Å²) >= 11 is 2.63. The highest BCUT2D eigenvalue weighted by Crippen LogP contribution is 2.24. The van der Waals surface area contributed by atoms with Crippen LogP contribution in [-0.4, -0.2) is 21.2 Å². The molecule has 134 valence electrons. The van der Waals surface area contributed by atoms with Gasteiger partial charge in [-0.15, -0.1) is 17.9 Å². The van der Waals surface area contributed by atoms with E-state index >= 15 is 0 Å². The number of hydrogen-bond donors (Lipinski definition) is 1. The largest absolute Gasteiger partial charge is 0.325 e. The van der Waals surface area contributed by atoms with E-state index in [9.17, 15) is 14.0 Å². The van der Waals surface area contributed by atoms with Crippen LogP contribution in [0.1, 0.15) is 4.88 Å². The van der Waals surface area contributed by atoms with E-state index in [1.54, 1.807) is 6.08 Å². The Kier molecular flexibility index (Phi) is 5.53. The van der Waals surface area contributed by atoms with E-state index < -0.39 is 0 Å². The Morgan fingerprint density at radius 3 is 2.85 bits per heavy atom. The van der Waals surface area contributed by atoms with Crippen LogP contribution in [-0.2, 0) is 11.3 Å². The first-order chi connectivity index (χ1) is 12.5. The number of halogens is 1. The highest BCUT2D eigenvalue weighted by molar-refractivity contribution is 7.99. The second-order valence-corrected chi connectivity index (χ2v) is 7.70. The zero-order chi connectivity index (χ0) is 18.7. The molecule has 2 aromatic heterocycles. The molecule has 0 radical (unpaired) electrons. The summed E-state index contributed by atoms with van der Waals surface area (Å²) in [7, 11) is 0. The Labute approximate surface area is 157 Å². The Bertz CT molecular complexity index is 1030. The quantitative estimate of drug-likeness (QED) is 0.395. The number of thiophene rings is 1. The third kappa shape index (κ3) is 4.03. The summed E-state index contributed by atoms with van der Waals surface area (Å²) in [5.74, 6) is -0.547. The first kappa shape index (κ1) is 18.3. The Morgan fingerprint density at radius 1 is 1.42 bits per heavy atom. The number of anilines is 1. The molecule has 26 heavy (non-hydrogen) atoms. The van der Waals surface area contributed by atoms with Crippen molar-refractivity contribution < 1.29 is 9.18 Å². The summed E-state index contributed by atoms with van der Waals surface area (Å²) in [4.78, 5) is 31.0. The van der Waals surface area contributed by atoms with Gasteiger partial charge in [-0.3, -0.25) is 14.2 Å². The van der Waals surface area contributed by atoms with Gasteiger partial charge in [0, 0.05) is 17.1 Å². The van der Waals surface area contributed by atoms with Crippen LogP contribution < -0.4 is 10.9 Å². The van der Waals surface area contributed by atoms with Gasteiger partial charge in [-0.05, 0) is 37.3 Å². The van der Waals surface area contributed by atoms with Gasteiger partial charge in [0.05, 0.1) is 11.1 Å². The number of fused-ring (bicyclic) bond motifs is 1. The van der Waals surface area contributed by atoms with Crippen LogP contribution in [0.3, 0.4) is 0 Å². The molecule has 2 heterocycles. The van der Waals surface area contributed by atoms with E-state index in [-0.39, 0.29) is 23.0 Å². The molecule has 0 aliphatic carbocycles. The van der Waals surface area contributed by atoms with Crippen molar-refractivity contribution >= 4 is 44.9 Å². The number of carbonyl (C=O) groups is 1. The molecule has 1 N–H and O–H groups in total. The van der Waals surface area contributed by atoms with Crippen LogP contribution >= 0.6 is 23.1 Å². The lowest BCUT2D eigenvalue weighted by Crippen LogP contribution is -2.23. The highest BCUT2D eigenvalue weighted by atomic mass is 32.2. The van der Waals surface area contributed by atoms with E-state index in [0.29, 0.717) is 27.6 Å². The lowest BCUT2D eigenvalue weighted by atomic mass is 10.3. The fraction of sp³-hybridized carbons (Fsp3) is 0.167. The number of nitrogens with one attached hydrogen (secondary N) is 1. The fourth-order valence-corrected chi connectivity index (χ4v) is 4.11. The lowest BCUT2D eigenvalue weighted by molar-refractivity contribution is -0.113. The van der Waals surface area contributed by atoms with Gasteiger partial charge in [0.2, 0.25) is 5.91 Å². The van der Waals surface area contributed by atoms with Gasteiger partial charge >= 0.3 is 0 Å². The van der Waals surface area contributed by atoms with Gasteiger partial charge < -0.3 is 5.32 Å². The molecule has 0 spiro atoms. The van der Waals surface area contributed by atoms with Crippen LogP contribution in [0.15, 0.2) is 52.9 Å². The number of carbonyl (C=O) groups excluding carboxylic acids is 1. The number of aryl methyl sites for hydroxylation is 1. The molecule has 3 rings (SSSR count). The van der Waals surface area contributed by atoms with Crippen molar-refractivity contribution in [1.82, 2.24) is 9.55 Å². The van der Waals surface area contributed by atoms with Crippen molar-refractivity contribution in [1.29, 1.82) is 0 Å². The molecular formula is C18H16FN3O2S2. The smallest absolute Gasteiger partial charge is 0.263 e. The Balaban J connectivity index is 1.79. The van der Waals surface area contributed by atoms with E-state index in [4.69, 9.17) is 0 Å². The van der Waals surface area contributed by atoms with Gasteiger partial charge in [-0.25, -0.2) is 9.37 Å². The SMILES string of the molecule is C=CCn1c(SCC(=O)Nc2ccc(F)cc2)nc2sc(C)cc2c1=O. The highest BCUT2D eigenvalue weighted by Gasteiger charge is 2.14. The zero-order valence-electron chi connectivity index (χ0n) is 14.0. The molecule has 8 heteroatoms. The normalized spacial score (nSPS) is 10.8. The first-order valence-electron chi connectivity index (χ1n) is 7.78. The molecule has 0 fully saturated rings. The number of aromatic nitrogens is 2. The number of benzene rings is 1. The van der Waals surface area contributed by atoms with Crippen LogP contribution in [0, 0.1) is 12.7 Å². The van der Waals surface area contributed by atoms with Gasteiger partial charge in [0.1, 0.15) is 10.6 Å². The predicted molar refractivity (Wildman–Crippen MR) is 105 cm³/mol. The Hall–Kier alpha value is -2.45. The fourth-order valence-electron chi connectivity index (χ4n) is 2.38. The third-order valence-electron chi connectivity index (χ3n) is 3.51. The maximum absolute atomic E-state index is 12.9. The zero-order valence-corrected chi connectivity index (χ0v) is 15.6. The number of hydrogen-bond acceptors (Lipinski definition) is 5. The maximum Gasteiger partial charge on any atom is 0.263 e. The van der Waals surface area contributed by atoms with Crippen molar-refractivity contribution in [3.05, 3.63) is 64.0 Å². The van der Waals surface area contributed by atoms with E-state index in [0.717, 1.165) is 4.88 Å². The van der Waals surface area contributed by atoms with E-state index in [2.05, 4.69) is 16.9 Å². The van der Waals surface area contributed by atoms with E-state index in [1.807, 2.05) is 13.0 Å². The Morgan fingerprint density at radius 2 is 2.15 bits per heavy atom. The standard InChI is InChI=1S/C18H16FN3O2S2/c1-3-8-22-17(24)14-9-11(2)26-16(14)21-18(22)25-10-15(23)20-13-6-4-12(19)5-7-13/h3-7,9H,1,8,10H2,2H3,(H,20,23). The molecule has 3 aromatic rings. The second-order valence-electron chi connectivity index (χ2n) is 5.52. The molecule has 1 aromatic carbocycles. The summed E-state index contributed by atoms with van der Waals surface area (Å²) in [6, 6.07) is 7.36. The molecule has 0 atom stereocenters. The minimum absolute atomic E-state index is 0.0802. The summed E-state index contributed by atoms with van der Waals surface area (Å²) in [5, 5.41) is 3.74. The van der Waals surface area contributed by atoms with Crippen molar-refractivity contribution in [3.8, 4) is 0 Å². The van der Waals surface area contributed by atoms with Crippen LogP contribution in [0.4, 0.5) is 10.1 Å². The van der Waals surface area contributed by atoms with Crippen molar-refractivity contribution in [2.45, 2.75) is 18.6 Å². The topological polar surface area (TPSA) is 64.0 Å². The number of rotatable bonds is 6. The van der Waals surface area contributed by atoms with Gasteiger partial charge in [-0.1, -0.05) is 17.8 Å². The minimum Gasteiger partial charge on any atom is -0.325 e. The molecule has 0 aliphatic heterocycles. The van der Waals surface area contributed by atoms with Gasteiger partial charge in [0.15, 0.2) is 5.16 Å². The van der Waals surface area contributed by atoms with Gasteiger partial charge in [0.25, 0.3) is 5.56 Å². The number of allylic oxidation sites excluding steroid dienone is 1. The summed E-state index contributed by atoms with van der Waals surface area (Å²) in [6.07, 6.45) is 1.62. The maximum atomic E-state index is 12.9. The predicted octanol–water partition coefficient (Wildman–Crippen LogP) is 3.82. The summed E-state index contributed by atoms with van der Waals surface area (Å²) < 4.78 is 14.4. The molecular weight excluding hydrogens is 373 g/mol. The van der Waals surface area contributed by atoms with Crippen LogP contribution in [0.2, 0.25) is 0 Å². The minimum atomic E-state index is -0.366. The van der Waals surface area contributed by atoms with Crippen molar-refractivity contribution in [2.24, 2.45) is 0 Å². The van der Waals surface area contributed by atoms with Crippen LogP contribution in [0.25, 0.3) is 10.2 Å².